The van der Waals surface area contributed by atoms with Gasteiger partial charge in [-0.15, -0.1) is 0 Å². The van der Waals surface area contributed by atoms with E-state index in [9.17, 15) is 8.42 Å². The van der Waals surface area contributed by atoms with E-state index in [1.54, 1.807) is 0 Å². The van der Waals surface area contributed by atoms with Gasteiger partial charge in [0.1, 0.15) is 0 Å². The lowest BCUT2D eigenvalue weighted by Crippen LogP contribution is -1.95. The first kappa shape index (κ1) is 10.7. The maximum absolute atomic E-state index is 10.8. The van der Waals surface area contributed by atoms with Crippen molar-refractivity contribution in [2.24, 2.45) is 0 Å². The fourth-order valence-corrected chi connectivity index (χ4v) is 1.99. The van der Waals surface area contributed by atoms with Crippen LogP contribution in [0.5, 0.6) is 0 Å². The Balaban J connectivity index is 3.33. The first-order valence-electron chi connectivity index (χ1n) is 2.67. The lowest BCUT2D eigenvalue weighted by Gasteiger charge is -1.97. The van der Waals surface area contributed by atoms with Crippen molar-refractivity contribution >= 4 is 58.3 Å². The van der Waals surface area contributed by atoms with Crippen molar-refractivity contribution < 1.29 is 8.42 Å². The first-order chi connectivity index (χ1) is 5.41. The minimum atomic E-state index is -3.71. The van der Waals surface area contributed by atoms with Gasteiger partial charge < -0.3 is 0 Å². The number of pyridine rings is 1. The maximum atomic E-state index is 10.8. The number of aromatic nitrogens is 1. The van der Waals surface area contributed by atoms with Crippen molar-refractivity contribution in [2.45, 2.75) is 5.03 Å². The van der Waals surface area contributed by atoms with E-state index in [4.69, 9.17) is 10.7 Å². The topological polar surface area (TPSA) is 47.0 Å². The van der Waals surface area contributed by atoms with Gasteiger partial charge in [0, 0.05) is 24.9 Å². The van der Waals surface area contributed by atoms with Crippen LogP contribution in [0.15, 0.2) is 21.8 Å². The zero-order valence-corrected chi connectivity index (χ0v) is 10.8. The predicted octanol–water partition coefficient (Wildman–Crippen LogP) is 2.38. The number of rotatable bonds is 1. The Bertz CT molecular complexity index is 408. The summed E-state index contributed by atoms with van der Waals surface area (Å²) >= 11 is 5.19. The van der Waals surface area contributed by atoms with E-state index in [-0.39, 0.29) is 5.03 Å². The second-order valence-electron chi connectivity index (χ2n) is 1.87. The van der Waals surface area contributed by atoms with Gasteiger partial charge in [0.25, 0.3) is 9.05 Å². The highest BCUT2D eigenvalue weighted by Gasteiger charge is 2.12. The summed E-state index contributed by atoms with van der Waals surface area (Å²) in [5.41, 5.74) is 0. The van der Waals surface area contributed by atoms with Crippen molar-refractivity contribution in [3.05, 3.63) is 20.3 Å². The Morgan fingerprint density at radius 1 is 1.58 bits per heavy atom. The Morgan fingerprint density at radius 2 is 2.17 bits per heavy atom. The molecule has 1 aromatic heterocycles. The van der Waals surface area contributed by atoms with E-state index in [1.165, 1.54) is 12.3 Å². The molecule has 0 unspecified atom stereocenters. The fourth-order valence-electron chi connectivity index (χ4n) is 0.530. The summed E-state index contributed by atoms with van der Waals surface area (Å²) in [6.45, 7) is 0. The van der Waals surface area contributed by atoms with Crippen molar-refractivity contribution in [3.8, 4) is 0 Å². The molecule has 0 saturated heterocycles. The van der Waals surface area contributed by atoms with Gasteiger partial charge >= 0.3 is 0 Å². The SMILES string of the molecule is O=S(=O)(Cl)c1cc(Br)c(I)cn1. The zero-order chi connectivity index (χ0) is 9.35. The summed E-state index contributed by atoms with van der Waals surface area (Å²) in [6.07, 6.45) is 1.43. The van der Waals surface area contributed by atoms with Crippen LogP contribution in [0, 0.1) is 3.57 Å². The Labute approximate surface area is 96.2 Å². The zero-order valence-electron chi connectivity index (χ0n) is 5.46. The summed E-state index contributed by atoms with van der Waals surface area (Å²) in [6, 6.07) is 1.37. The van der Waals surface area contributed by atoms with E-state index < -0.39 is 9.05 Å². The summed E-state index contributed by atoms with van der Waals surface area (Å²) in [5, 5.41) is -0.142. The van der Waals surface area contributed by atoms with Crippen LogP contribution in [-0.4, -0.2) is 13.4 Å². The molecule has 0 aromatic carbocycles. The highest BCUT2D eigenvalue weighted by Crippen LogP contribution is 2.22. The molecule has 0 radical (unpaired) electrons. The number of hydrogen-bond donors (Lipinski definition) is 0. The monoisotopic (exact) mass is 381 g/mol. The third-order valence-corrected chi connectivity index (χ3v) is 4.49. The molecule has 0 amide bonds. The average Bonchev–Trinajstić information content (AvgIpc) is 1.92. The van der Waals surface area contributed by atoms with Gasteiger partial charge in [-0.05, 0) is 44.6 Å². The van der Waals surface area contributed by atoms with E-state index in [0.717, 1.165) is 3.57 Å². The van der Waals surface area contributed by atoms with E-state index >= 15 is 0 Å². The van der Waals surface area contributed by atoms with Crippen LogP contribution >= 0.6 is 49.2 Å². The molecule has 1 rings (SSSR count). The van der Waals surface area contributed by atoms with Crippen LogP contribution in [0.4, 0.5) is 0 Å². The first-order valence-corrected chi connectivity index (χ1v) is 6.85. The molecule has 12 heavy (non-hydrogen) atoms. The predicted molar refractivity (Wildman–Crippen MR) is 57.7 cm³/mol. The van der Waals surface area contributed by atoms with E-state index in [2.05, 4.69) is 20.9 Å². The Hall–Kier alpha value is 0.600. The number of nitrogens with zero attached hydrogens (tertiary/aromatic N) is 1. The average molecular weight is 382 g/mol. The minimum Gasteiger partial charge on any atom is -0.242 e. The molecule has 0 spiro atoms. The van der Waals surface area contributed by atoms with Gasteiger partial charge in [-0.25, -0.2) is 13.4 Å². The molecule has 0 atom stereocenters. The van der Waals surface area contributed by atoms with Gasteiger partial charge in [0.05, 0.1) is 0 Å². The highest BCUT2D eigenvalue weighted by atomic mass is 127. The molecule has 0 bridgehead atoms. The van der Waals surface area contributed by atoms with Crippen molar-refractivity contribution in [2.75, 3.05) is 0 Å². The Morgan fingerprint density at radius 3 is 2.58 bits per heavy atom. The fraction of sp³-hybridized carbons (Fsp3) is 0. The molecule has 0 aliphatic carbocycles. The molecule has 0 fully saturated rings. The van der Waals surface area contributed by atoms with Crippen LogP contribution in [0.3, 0.4) is 0 Å². The second kappa shape index (κ2) is 3.77. The number of hydrogen-bond acceptors (Lipinski definition) is 3. The molecule has 66 valence electrons. The van der Waals surface area contributed by atoms with Crippen LogP contribution in [0.25, 0.3) is 0 Å². The molecule has 0 aliphatic rings. The van der Waals surface area contributed by atoms with Gasteiger partial charge in [-0.2, -0.15) is 0 Å². The van der Waals surface area contributed by atoms with Crippen LogP contribution in [0.1, 0.15) is 0 Å². The molecule has 0 saturated carbocycles. The molecule has 1 aromatic rings. The van der Waals surface area contributed by atoms with Gasteiger partial charge in [-0.1, -0.05) is 0 Å². The third kappa shape index (κ3) is 2.54. The largest absolute Gasteiger partial charge is 0.278 e. The molecule has 7 heteroatoms. The van der Waals surface area contributed by atoms with Crippen LogP contribution in [-0.2, 0) is 9.05 Å². The molecule has 0 aliphatic heterocycles. The molecular weight excluding hydrogens is 380 g/mol. The van der Waals surface area contributed by atoms with Crippen molar-refractivity contribution in [1.82, 2.24) is 4.98 Å². The lowest BCUT2D eigenvalue weighted by molar-refractivity contribution is 0.606. The standard InChI is InChI=1S/C5H2BrClINO2S/c6-3-1-5(12(7,10)11)9-2-4(3)8/h1-2H. The number of halogens is 3. The minimum absolute atomic E-state index is 0.142. The van der Waals surface area contributed by atoms with Crippen LogP contribution < -0.4 is 0 Å². The van der Waals surface area contributed by atoms with Gasteiger partial charge in [-0.3, -0.25) is 0 Å². The quantitative estimate of drug-likeness (QED) is 0.554. The summed E-state index contributed by atoms with van der Waals surface area (Å²) in [7, 11) is 1.36. The van der Waals surface area contributed by atoms with Crippen molar-refractivity contribution in [1.29, 1.82) is 0 Å². The molecule has 1 heterocycles. The molecule has 0 N–H and O–H groups in total. The lowest BCUT2D eigenvalue weighted by atomic mass is 10.5. The van der Waals surface area contributed by atoms with Gasteiger partial charge in [0.15, 0.2) is 5.03 Å². The van der Waals surface area contributed by atoms with E-state index in [0.29, 0.717) is 4.47 Å². The normalized spacial score (nSPS) is 11.6. The smallest absolute Gasteiger partial charge is 0.242 e. The van der Waals surface area contributed by atoms with Crippen LogP contribution in [0.2, 0.25) is 0 Å². The third-order valence-electron chi connectivity index (χ3n) is 1.03. The van der Waals surface area contributed by atoms with Gasteiger partial charge in [0.2, 0.25) is 0 Å². The molecular formula is C5H2BrClINO2S. The van der Waals surface area contributed by atoms with Crippen molar-refractivity contribution in [3.63, 3.8) is 0 Å². The van der Waals surface area contributed by atoms with E-state index in [1.807, 2.05) is 22.6 Å². The maximum Gasteiger partial charge on any atom is 0.278 e. The highest BCUT2D eigenvalue weighted by molar-refractivity contribution is 14.1. The molecule has 3 nitrogen and oxygen atoms in total. The summed E-state index contributed by atoms with van der Waals surface area (Å²) in [5.74, 6) is 0. The summed E-state index contributed by atoms with van der Waals surface area (Å²) in [4.78, 5) is 3.65. The summed E-state index contributed by atoms with van der Waals surface area (Å²) < 4.78 is 23.0. The Kier molecular flexibility index (Phi) is 3.35. The second-order valence-corrected chi connectivity index (χ2v) is 6.40.